The molecule has 0 saturated carbocycles. The van der Waals surface area contributed by atoms with Crippen molar-refractivity contribution in [3.63, 3.8) is 0 Å². The van der Waals surface area contributed by atoms with E-state index in [2.05, 4.69) is 57.6 Å². The fourth-order valence-corrected chi connectivity index (χ4v) is 5.98. The number of fused-ring (bicyclic) bond motifs is 3. The van der Waals surface area contributed by atoms with Crippen molar-refractivity contribution < 1.29 is 4.74 Å². The van der Waals surface area contributed by atoms with E-state index in [0.29, 0.717) is 12.6 Å². The number of likely N-dealkylation sites (tertiary alicyclic amines) is 1. The number of aryl methyl sites for hydroxylation is 1. The number of hydrogen-bond donors (Lipinski definition) is 0. The summed E-state index contributed by atoms with van der Waals surface area (Å²) in [6.07, 6.45) is 9.08. The Bertz CT molecular complexity index is 1210. The number of imidazole rings is 1. The number of nitrogens with zero attached hydrogens (tertiary/aromatic N) is 8. The van der Waals surface area contributed by atoms with Crippen LogP contribution in [0.2, 0.25) is 0 Å². The average Bonchev–Trinajstić information content (AvgIpc) is 3.56. The van der Waals surface area contributed by atoms with Crippen molar-refractivity contribution in [3.05, 3.63) is 24.3 Å². The molecule has 3 aromatic rings. The summed E-state index contributed by atoms with van der Waals surface area (Å²) in [6, 6.07) is 2.94. The molecule has 0 aliphatic carbocycles. The van der Waals surface area contributed by atoms with Crippen LogP contribution in [0.25, 0.3) is 22.9 Å². The molecule has 9 heteroatoms. The van der Waals surface area contributed by atoms with Crippen LogP contribution in [0.4, 0.5) is 5.82 Å². The Hall–Kier alpha value is -2.94. The van der Waals surface area contributed by atoms with Crippen LogP contribution in [0.3, 0.4) is 0 Å². The second-order valence-corrected chi connectivity index (χ2v) is 10.6. The smallest absolute Gasteiger partial charge is 0.178 e. The van der Waals surface area contributed by atoms with Gasteiger partial charge in [0.05, 0.1) is 12.1 Å². The van der Waals surface area contributed by atoms with Crippen molar-refractivity contribution in [1.29, 1.82) is 0 Å². The molecular formula is C26H36N8O. The monoisotopic (exact) mass is 476 g/mol. The minimum atomic E-state index is 0.213. The highest BCUT2D eigenvalue weighted by Crippen LogP contribution is 2.39. The van der Waals surface area contributed by atoms with E-state index in [0.717, 1.165) is 59.3 Å². The number of piperidine rings is 1. The van der Waals surface area contributed by atoms with Gasteiger partial charge in [-0.2, -0.15) is 5.10 Å². The molecule has 6 heterocycles. The number of aromatic nitrogens is 6. The zero-order valence-electron chi connectivity index (χ0n) is 21.3. The van der Waals surface area contributed by atoms with Gasteiger partial charge in [-0.25, -0.2) is 19.6 Å². The van der Waals surface area contributed by atoms with E-state index in [4.69, 9.17) is 14.7 Å². The summed E-state index contributed by atoms with van der Waals surface area (Å²) in [4.78, 5) is 19.6. The van der Waals surface area contributed by atoms with Gasteiger partial charge in [0.25, 0.3) is 0 Å². The lowest BCUT2D eigenvalue weighted by molar-refractivity contribution is 0.198. The van der Waals surface area contributed by atoms with E-state index in [1.807, 2.05) is 17.8 Å². The predicted molar refractivity (Wildman–Crippen MR) is 136 cm³/mol. The Balaban J connectivity index is 1.32. The summed E-state index contributed by atoms with van der Waals surface area (Å²) in [5, 5.41) is 4.57. The Morgan fingerprint density at radius 1 is 1.03 bits per heavy atom. The number of ether oxygens (including phenoxy) is 1. The first-order chi connectivity index (χ1) is 17.0. The van der Waals surface area contributed by atoms with Gasteiger partial charge >= 0.3 is 0 Å². The van der Waals surface area contributed by atoms with Crippen LogP contribution in [0, 0.1) is 12.8 Å². The van der Waals surface area contributed by atoms with E-state index in [9.17, 15) is 0 Å². The quantitative estimate of drug-likeness (QED) is 0.567. The third-order valence-electron chi connectivity index (χ3n) is 7.82. The molecule has 3 aromatic heterocycles. The number of pyridine rings is 1. The lowest BCUT2D eigenvalue weighted by atomic mass is 9.88. The van der Waals surface area contributed by atoms with Crippen LogP contribution in [0.1, 0.15) is 51.4 Å². The molecule has 0 bridgehead atoms. The number of rotatable bonds is 4. The molecule has 0 aromatic carbocycles. The van der Waals surface area contributed by atoms with Gasteiger partial charge in [-0.15, -0.1) is 0 Å². The van der Waals surface area contributed by atoms with Crippen molar-refractivity contribution in [2.45, 2.75) is 65.1 Å². The molecule has 6 rings (SSSR count). The van der Waals surface area contributed by atoms with Crippen molar-refractivity contribution in [2.75, 3.05) is 38.2 Å². The van der Waals surface area contributed by atoms with E-state index in [-0.39, 0.29) is 6.04 Å². The summed E-state index contributed by atoms with van der Waals surface area (Å²) >= 11 is 0. The lowest BCUT2D eigenvalue weighted by Crippen LogP contribution is -2.42. The normalized spacial score (nSPS) is 21.2. The highest BCUT2D eigenvalue weighted by Gasteiger charge is 2.34. The molecule has 9 nitrogen and oxygen atoms in total. The number of hydrogen-bond acceptors (Lipinski definition) is 7. The Morgan fingerprint density at radius 3 is 2.66 bits per heavy atom. The molecule has 3 aliphatic heterocycles. The molecule has 2 saturated heterocycles. The van der Waals surface area contributed by atoms with E-state index >= 15 is 0 Å². The predicted octanol–water partition coefficient (Wildman–Crippen LogP) is 3.80. The molecule has 2 fully saturated rings. The van der Waals surface area contributed by atoms with Gasteiger partial charge in [-0.1, -0.05) is 0 Å². The molecule has 0 amide bonds. The van der Waals surface area contributed by atoms with Crippen LogP contribution in [-0.4, -0.2) is 73.5 Å². The van der Waals surface area contributed by atoms with Crippen LogP contribution in [0.5, 0.6) is 5.75 Å². The van der Waals surface area contributed by atoms with Crippen LogP contribution < -0.4 is 9.64 Å². The highest BCUT2D eigenvalue weighted by atomic mass is 16.5. The van der Waals surface area contributed by atoms with E-state index < -0.39 is 0 Å². The second kappa shape index (κ2) is 8.93. The third-order valence-corrected chi connectivity index (χ3v) is 7.82. The largest absolute Gasteiger partial charge is 0.491 e. The topological polar surface area (TPSA) is 77.1 Å². The van der Waals surface area contributed by atoms with Crippen molar-refractivity contribution >= 4 is 5.82 Å². The standard InChI is InChI=1S/C26H36N8O/c1-17(2)34-26(28-18(3)30-34)21-16-32-12-13-35-23-14-24(27-15-20(23)25(32)29-21)33-9-5-6-22(33)19-7-10-31(4)11-8-19/h14-17,19,22H,5-13H2,1-4H3/t22-/m0/s1. The van der Waals surface area contributed by atoms with Gasteiger partial charge in [0.2, 0.25) is 0 Å². The van der Waals surface area contributed by atoms with Gasteiger partial charge in [0.15, 0.2) is 5.82 Å². The lowest BCUT2D eigenvalue weighted by Gasteiger charge is -2.37. The molecule has 0 unspecified atom stereocenters. The number of anilines is 1. The second-order valence-electron chi connectivity index (χ2n) is 10.6. The fraction of sp³-hybridized carbons (Fsp3) is 0.615. The van der Waals surface area contributed by atoms with E-state index in [1.165, 1.54) is 38.8 Å². The van der Waals surface area contributed by atoms with Crippen LogP contribution in [0.15, 0.2) is 18.5 Å². The maximum absolute atomic E-state index is 6.23. The molecule has 35 heavy (non-hydrogen) atoms. The van der Waals surface area contributed by atoms with Crippen molar-refractivity contribution in [2.24, 2.45) is 5.92 Å². The molecule has 186 valence electrons. The molecule has 0 spiro atoms. The maximum Gasteiger partial charge on any atom is 0.178 e. The molecule has 3 aliphatic rings. The van der Waals surface area contributed by atoms with Gasteiger partial charge in [-0.3, -0.25) is 0 Å². The average molecular weight is 477 g/mol. The van der Waals surface area contributed by atoms with Crippen LogP contribution in [-0.2, 0) is 6.54 Å². The highest BCUT2D eigenvalue weighted by molar-refractivity contribution is 5.69. The summed E-state index contributed by atoms with van der Waals surface area (Å²) in [5.41, 5.74) is 1.79. The van der Waals surface area contributed by atoms with Gasteiger partial charge in [0.1, 0.15) is 35.5 Å². The van der Waals surface area contributed by atoms with Gasteiger partial charge in [0, 0.05) is 37.1 Å². The Labute approximate surface area is 207 Å². The molecule has 1 atom stereocenters. The fourth-order valence-electron chi connectivity index (χ4n) is 5.98. The molecule has 0 radical (unpaired) electrons. The van der Waals surface area contributed by atoms with Gasteiger partial charge in [-0.05, 0) is 72.5 Å². The van der Waals surface area contributed by atoms with Crippen molar-refractivity contribution in [3.8, 4) is 28.7 Å². The molecule has 0 N–H and O–H groups in total. The van der Waals surface area contributed by atoms with E-state index in [1.54, 1.807) is 0 Å². The zero-order chi connectivity index (χ0) is 24.1. The summed E-state index contributed by atoms with van der Waals surface area (Å²) in [5.74, 6) is 5.12. The Morgan fingerprint density at radius 2 is 1.86 bits per heavy atom. The Kier molecular flexibility index (Phi) is 5.75. The van der Waals surface area contributed by atoms with Crippen molar-refractivity contribution in [1.82, 2.24) is 34.2 Å². The van der Waals surface area contributed by atoms with Gasteiger partial charge < -0.3 is 19.1 Å². The minimum absolute atomic E-state index is 0.213. The maximum atomic E-state index is 6.23. The first-order valence-electron chi connectivity index (χ1n) is 13.1. The first kappa shape index (κ1) is 22.5. The zero-order valence-corrected chi connectivity index (χ0v) is 21.3. The summed E-state index contributed by atoms with van der Waals surface area (Å²) < 4.78 is 10.3. The summed E-state index contributed by atoms with van der Waals surface area (Å²) in [7, 11) is 2.23. The summed E-state index contributed by atoms with van der Waals surface area (Å²) in [6.45, 7) is 11.0. The minimum Gasteiger partial charge on any atom is -0.491 e. The van der Waals surface area contributed by atoms with Crippen LogP contribution >= 0.6 is 0 Å². The first-order valence-corrected chi connectivity index (χ1v) is 13.1. The molecular weight excluding hydrogens is 440 g/mol. The third kappa shape index (κ3) is 4.09. The SMILES string of the molecule is Cc1nc(-c2cn3c(n2)-c2cnc(N4CCC[C@H]4C4CCN(C)CC4)cc2OCC3)n(C(C)C)n1.